The first kappa shape index (κ1) is 20.2. The molecule has 1 amide bonds. The fourth-order valence-electron chi connectivity index (χ4n) is 2.35. The Morgan fingerprint density at radius 3 is 2.37 bits per heavy atom. The number of hydrogen-bond donors (Lipinski definition) is 2. The molecule has 0 aliphatic heterocycles. The predicted molar refractivity (Wildman–Crippen MR) is 93.1 cm³/mol. The van der Waals surface area contributed by atoms with E-state index in [0.29, 0.717) is 12.2 Å². The van der Waals surface area contributed by atoms with E-state index in [-0.39, 0.29) is 30.0 Å². The van der Waals surface area contributed by atoms with Gasteiger partial charge in [-0.2, -0.15) is 0 Å². The summed E-state index contributed by atoms with van der Waals surface area (Å²) >= 11 is 0. The molecule has 0 radical (unpaired) electrons. The number of halogens is 2. The quantitative estimate of drug-likeness (QED) is 0.700. The molecule has 0 bridgehead atoms. The highest BCUT2D eigenvalue weighted by Gasteiger charge is 2.13. The molecule has 27 heavy (non-hydrogen) atoms. The molecule has 0 saturated heterocycles. The van der Waals surface area contributed by atoms with Crippen LogP contribution in [-0.2, 0) is 11.2 Å². The molecule has 0 aromatic heterocycles. The molecule has 144 valence electrons. The topological polar surface area (TPSA) is 84.9 Å². The van der Waals surface area contributed by atoms with Crippen LogP contribution in [-0.4, -0.2) is 36.7 Å². The first-order valence-electron chi connectivity index (χ1n) is 8.23. The maximum atomic E-state index is 13.2. The monoisotopic (exact) mass is 379 g/mol. The third kappa shape index (κ3) is 6.25. The van der Waals surface area contributed by atoms with Gasteiger partial charge in [0.15, 0.2) is 18.1 Å². The van der Waals surface area contributed by atoms with E-state index in [1.54, 1.807) is 6.92 Å². The molecule has 0 spiro atoms. The lowest BCUT2D eigenvalue weighted by molar-refractivity contribution is -0.139. The number of carbonyl (C=O) groups is 2. The number of aliphatic carboxylic acids is 1. The smallest absolute Gasteiger partial charge is 0.341 e. The van der Waals surface area contributed by atoms with Crippen LogP contribution in [0.25, 0.3) is 0 Å². The number of carboxylic acids is 1. The van der Waals surface area contributed by atoms with E-state index in [1.165, 1.54) is 30.3 Å². The van der Waals surface area contributed by atoms with Gasteiger partial charge in [-0.1, -0.05) is 0 Å². The maximum absolute atomic E-state index is 13.2. The maximum Gasteiger partial charge on any atom is 0.341 e. The Morgan fingerprint density at radius 1 is 1.04 bits per heavy atom. The zero-order valence-electron chi connectivity index (χ0n) is 14.6. The van der Waals surface area contributed by atoms with Crippen molar-refractivity contribution in [1.29, 1.82) is 0 Å². The molecule has 0 atom stereocenters. The van der Waals surface area contributed by atoms with Gasteiger partial charge in [-0.3, -0.25) is 4.79 Å². The first-order chi connectivity index (χ1) is 12.9. The van der Waals surface area contributed by atoms with Crippen molar-refractivity contribution in [2.24, 2.45) is 0 Å². The largest absolute Gasteiger partial charge is 0.490 e. The van der Waals surface area contributed by atoms with Crippen LogP contribution in [0.1, 0.15) is 22.8 Å². The van der Waals surface area contributed by atoms with Gasteiger partial charge in [-0.15, -0.1) is 0 Å². The summed E-state index contributed by atoms with van der Waals surface area (Å²) < 4.78 is 36.8. The van der Waals surface area contributed by atoms with Crippen LogP contribution in [0.5, 0.6) is 11.5 Å². The highest BCUT2D eigenvalue weighted by molar-refractivity contribution is 5.94. The Balaban J connectivity index is 2.00. The van der Waals surface area contributed by atoms with Crippen molar-refractivity contribution in [1.82, 2.24) is 5.32 Å². The summed E-state index contributed by atoms with van der Waals surface area (Å²) in [5.74, 6) is -2.42. The second-order valence-electron chi connectivity index (χ2n) is 5.56. The normalized spacial score (nSPS) is 10.3. The van der Waals surface area contributed by atoms with E-state index in [4.69, 9.17) is 14.6 Å². The summed E-state index contributed by atoms with van der Waals surface area (Å²) in [6.07, 6.45) is 0.262. The Labute approximate surface area is 154 Å². The van der Waals surface area contributed by atoms with Gasteiger partial charge < -0.3 is 19.9 Å². The van der Waals surface area contributed by atoms with E-state index in [0.717, 1.165) is 6.07 Å². The van der Waals surface area contributed by atoms with Crippen LogP contribution in [0.2, 0.25) is 0 Å². The number of carbonyl (C=O) groups excluding carboxylic acids is 1. The Kier molecular flexibility index (Phi) is 7.10. The first-order valence-corrected chi connectivity index (χ1v) is 8.23. The van der Waals surface area contributed by atoms with Crippen LogP contribution in [0, 0.1) is 11.6 Å². The predicted octanol–water partition coefficient (Wildman–Crippen LogP) is 2.80. The van der Waals surface area contributed by atoms with Gasteiger partial charge in [0, 0.05) is 18.2 Å². The average Bonchev–Trinajstić information content (AvgIpc) is 2.59. The molecule has 0 saturated carbocycles. The second-order valence-corrected chi connectivity index (χ2v) is 5.56. The number of ether oxygens (including phenoxy) is 2. The second kappa shape index (κ2) is 9.51. The summed E-state index contributed by atoms with van der Waals surface area (Å²) in [5, 5.41) is 11.3. The Bertz CT molecular complexity index is 805. The Hall–Kier alpha value is -3.16. The van der Waals surface area contributed by atoms with Crippen molar-refractivity contribution in [2.45, 2.75) is 13.3 Å². The highest BCUT2D eigenvalue weighted by Crippen LogP contribution is 2.28. The van der Waals surface area contributed by atoms with E-state index >= 15 is 0 Å². The molecule has 0 aliphatic rings. The van der Waals surface area contributed by atoms with Crippen LogP contribution >= 0.6 is 0 Å². The molecule has 0 fully saturated rings. The molecule has 0 heterocycles. The van der Waals surface area contributed by atoms with E-state index in [9.17, 15) is 18.4 Å². The molecule has 2 rings (SSSR count). The summed E-state index contributed by atoms with van der Waals surface area (Å²) in [6.45, 7) is 1.70. The molecule has 2 N–H and O–H groups in total. The summed E-state index contributed by atoms with van der Waals surface area (Å²) in [5.41, 5.74) is 0.715. The molecule has 0 unspecified atom stereocenters. The number of amides is 1. The minimum absolute atomic E-state index is 0.183. The van der Waals surface area contributed by atoms with Gasteiger partial charge >= 0.3 is 5.97 Å². The third-order valence-corrected chi connectivity index (χ3v) is 3.48. The third-order valence-electron chi connectivity index (χ3n) is 3.48. The molecule has 8 heteroatoms. The lowest BCUT2D eigenvalue weighted by Gasteiger charge is -2.12. The van der Waals surface area contributed by atoms with Gasteiger partial charge in [-0.25, -0.2) is 13.6 Å². The van der Waals surface area contributed by atoms with Crippen molar-refractivity contribution in [3.05, 3.63) is 59.2 Å². The van der Waals surface area contributed by atoms with Gasteiger partial charge in [0.25, 0.3) is 5.91 Å². The van der Waals surface area contributed by atoms with Crippen molar-refractivity contribution >= 4 is 11.9 Å². The van der Waals surface area contributed by atoms with Crippen LogP contribution in [0.3, 0.4) is 0 Å². The van der Waals surface area contributed by atoms with Crippen molar-refractivity contribution in [2.75, 3.05) is 19.8 Å². The lowest BCUT2D eigenvalue weighted by Crippen LogP contribution is -2.25. The molecular weight excluding hydrogens is 360 g/mol. The van der Waals surface area contributed by atoms with Crippen molar-refractivity contribution < 1.29 is 33.0 Å². The molecule has 2 aromatic carbocycles. The summed E-state index contributed by atoms with van der Waals surface area (Å²) in [7, 11) is 0. The van der Waals surface area contributed by atoms with Crippen molar-refractivity contribution in [3.8, 4) is 11.5 Å². The van der Waals surface area contributed by atoms with Crippen molar-refractivity contribution in [3.63, 3.8) is 0 Å². The Morgan fingerprint density at radius 2 is 1.74 bits per heavy atom. The fraction of sp³-hybridized carbons (Fsp3) is 0.263. The van der Waals surface area contributed by atoms with E-state index in [2.05, 4.69) is 5.32 Å². The van der Waals surface area contributed by atoms with Gasteiger partial charge in [0.05, 0.1) is 6.61 Å². The molecule has 0 aliphatic carbocycles. The fourth-order valence-corrected chi connectivity index (χ4v) is 2.35. The molecule has 6 nitrogen and oxygen atoms in total. The van der Waals surface area contributed by atoms with Crippen LogP contribution in [0.15, 0.2) is 36.4 Å². The van der Waals surface area contributed by atoms with Gasteiger partial charge in [0.1, 0.15) is 11.6 Å². The van der Waals surface area contributed by atoms with Gasteiger partial charge in [0.2, 0.25) is 0 Å². The molecular formula is C19H19F2NO5. The molecule has 2 aromatic rings. The van der Waals surface area contributed by atoms with Gasteiger partial charge in [-0.05, 0) is 49.2 Å². The zero-order valence-corrected chi connectivity index (χ0v) is 14.6. The number of carboxylic acid groups (broad SMARTS) is 1. The van der Waals surface area contributed by atoms with E-state index < -0.39 is 30.1 Å². The lowest BCUT2D eigenvalue weighted by atomic mass is 10.1. The minimum Gasteiger partial charge on any atom is -0.490 e. The number of hydrogen-bond acceptors (Lipinski definition) is 4. The average molecular weight is 379 g/mol. The highest BCUT2D eigenvalue weighted by atomic mass is 19.1. The minimum atomic E-state index is -1.13. The SMILES string of the molecule is CCOc1cc(C(=O)NCCc2cc(F)cc(F)c2)ccc1OCC(=O)O. The number of rotatable bonds is 9. The standard InChI is InChI=1S/C19H19F2NO5/c1-2-26-17-9-13(3-4-16(17)27-11-18(23)24)19(25)22-6-5-12-7-14(20)10-15(21)8-12/h3-4,7-10H,2,5-6,11H2,1H3,(H,22,25)(H,23,24). The summed E-state index contributed by atoms with van der Waals surface area (Å²) in [4.78, 5) is 22.9. The van der Waals surface area contributed by atoms with E-state index in [1.807, 2.05) is 0 Å². The zero-order chi connectivity index (χ0) is 19.8. The number of benzene rings is 2. The number of nitrogens with one attached hydrogen (secondary N) is 1. The van der Waals surface area contributed by atoms with Crippen LogP contribution < -0.4 is 14.8 Å². The van der Waals surface area contributed by atoms with Crippen LogP contribution in [0.4, 0.5) is 8.78 Å². The summed E-state index contributed by atoms with van der Waals surface area (Å²) in [6, 6.07) is 7.55.